The van der Waals surface area contributed by atoms with E-state index in [0.717, 1.165) is 0 Å². The summed E-state index contributed by atoms with van der Waals surface area (Å²) in [6, 6.07) is 2.56. The van der Waals surface area contributed by atoms with Crippen molar-refractivity contribution in [3.05, 3.63) is 23.5 Å². The summed E-state index contributed by atoms with van der Waals surface area (Å²) < 4.78 is 40.6. The standard InChI is InChI=1S/C10H13F3N2O/c1-6-3-4-8(9(15-6)7(2)14)16-5-10(11,12)13/h3-4,7H,5,14H2,1-2H3. The molecule has 1 rings (SSSR count). The minimum atomic E-state index is -4.36. The Morgan fingerprint density at radius 2 is 2.06 bits per heavy atom. The molecule has 0 amide bonds. The van der Waals surface area contributed by atoms with Crippen molar-refractivity contribution in [2.45, 2.75) is 26.1 Å². The quantitative estimate of drug-likeness (QED) is 0.873. The molecule has 0 spiro atoms. The van der Waals surface area contributed by atoms with Crippen LogP contribution in [0.15, 0.2) is 12.1 Å². The summed E-state index contributed by atoms with van der Waals surface area (Å²) in [5.41, 5.74) is 6.62. The second-order valence-corrected chi connectivity index (χ2v) is 3.53. The van der Waals surface area contributed by atoms with Crippen LogP contribution in [0.25, 0.3) is 0 Å². The van der Waals surface area contributed by atoms with Gasteiger partial charge in [0.15, 0.2) is 6.61 Å². The largest absolute Gasteiger partial charge is 0.482 e. The molecule has 90 valence electrons. The number of ether oxygens (including phenoxy) is 1. The molecular weight excluding hydrogens is 221 g/mol. The molecule has 0 aliphatic carbocycles. The molecule has 0 aromatic carbocycles. The Morgan fingerprint density at radius 1 is 1.44 bits per heavy atom. The van der Waals surface area contributed by atoms with Crippen LogP contribution in [0.3, 0.4) is 0 Å². The van der Waals surface area contributed by atoms with E-state index in [1.54, 1.807) is 19.9 Å². The summed E-state index contributed by atoms with van der Waals surface area (Å²) in [5.74, 6) is 0.0814. The second kappa shape index (κ2) is 4.69. The summed E-state index contributed by atoms with van der Waals surface area (Å²) in [7, 11) is 0. The molecule has 0 aliphatic rings. The molecule has 0 bridgehead atoms. The first-order valence-corrected chi connectivity index (χ1v) is 4.72. The van der Waals surface area contributed by atoms with Gasteiger partial charge in [-0.1, -0.05) is 0 Å². The highest BCUT2D eigenvalue weighted by Crippen LogP contribution is 2.24. The fourth-order valence-electron chi connectivity index (χ4n) is 1.17. The monoisotopic (exact) mass is 234 g/mol. The van der Waals surface area contributed by atoms with Crippen LogP contribution in [0.5, 0.6) is 5.75 Å². The van der Waals surface area contributed by atoms with Crippen molar-refractivity contribution < 1.29 is 17.9 Å². The fraction of sp³-hybridized carbons (Fsp3) is 0.500. The van der Waals surface area contributed by atoms with Crippen LogP contribution in [0, 0.1) is 6.92 Å². The van der Waals surface area contributed by atoms with Crippen molar-refractivity contribution in [1.29, 1.82) is 0 Å². The highest BCUT2D eigenvalue weighted by Gasteiger charge is 2.29. The summed E-state index contributed by atoms with van der Waals surface area (Å²) in [4.78, 5) is 4.06. The molecular formula is C10H13F3N2O. The molecule has 1 atom stereocenters. The SMILES string of the molecule is Cc1ccc(OCC(F)(F)F)c(C(C)N)n1. The molecule has 2 N–H and O–H groups in total. The van der Waals surface area contributed by atoms with Gasteiger partial charge in [0.05, 0.1) is 5.69 Å². The van der Waals surface area contributed by atoms with E-state index in [-0.39, 0.29) is 5.75 Å². The zero-order valence-corrected chi connectivity index (χ0v) is 9.01. The Kier molecular flexibility index (Phi) is 3.74. The smallest absolute Gasteiger partial charge is 0.422 e. The van der Waals surface area contributed by atoms with Gasteiger partial charge in [-0.2, -0.15) is 13.2 Å². The number of aromatic nitrogens is 1. The minimum absolute atomic E-state index is 0.0814. The maximum atomic E-state index is 12.0. The van der Waals surface area contributed by atoms with E-state index >= 15 is 0 Å². The molecule has 0 saturated carbocycles. The van der Waals surface area contributed by atoms with Crippen molar-refractivity contribution in [2.24, 2.45) is 5.73 Å². The molecule has 6 heteroatoms. The van der Waals surface area contributed by atoms with Gasteiger partial charge < -0.3 is 10.5 Å². The van der Waals surface area contributed by atoms with E-state index in [2.05, 4.69) is 9.72 Å². The van der Waals surface area contributed by atoms with Crippen molar-refractivity contribution >= 4 is 0 Å². The average Bonchev–Trinajstić information content (AvgIpc) is 2.14. The number of nitrogens with zero attached hydrogens (tertiary/aromatic N) is 1. The van der Waals surface area contributed by atoms with Crippen molar-refractivity contribution in [3.8, 4) is 5.75 Å². The number of hydrogen-bond donors (Lipinski definition) is 1. The number of hydrogen-bond acceptors (Lipinski definition) is 3. The number of nitrogens with two attached hydrogens (primary N) is 1. The minimum Gasteiger partial charge on any atom is -0.482 e. The molecule has 1 unspecified atom stereocenters. The number of halogens is 3. The predicted octanol–water partition coefficient (Wildman–Crippen LogP) is 2.35. The third-order valence-corrected chi connectivity index (χ3v) is 1.85. The molecule has 3 nitrogen and oxygen atoms in total. The molecule has 0 aliphatic heterocycles. The molecule has 1 heterocycles. The number of pyridine rings is 1. The predicted molar refractivity (Wildman–Crippen MR) is 53.1 cm³/mol. The lowest BCUT2D eigenvalue weighted by Crippen LogP contribution is -2.21. The van der Waals surface area contributed by atoms with Gasteiger partial charge in [0.2, 0.25) is 0 Å². The van der Waals surface area contributed by atoms with Crippen molar-refractivity contribution in [2.75, 3.05) is 6.61 Å². The van der Waals surface area contributed by atoms with Gasteiger partial charge in [-0.05, 0) is 26.0 Å². The molecule has 1 aromatic rings. The third kappa shape index (κ3) is 3.69. The Morgan fingerprint density at radius 3 is 2.56 bits per heavy atom. The Hall–Kier alpha value is -1.30. The lowest BCUT2D eigenvalue weighted by Gasteiger charge is -2.14. The van der Waals surface area contributed by atoms with Crippen LogP contribution in [0.2, 0.25) is 0 Å². The van der Waals surface area contributed by atoms with Crippen molar-refractivity contribution in [3.63, 3.8) is 0 Å². The summed E-state index contributed by atoms with van der Waals surface area (Å²) in [6.07, 6.45) is -4.36. The van der Waals surface area contributed by atoms with E-state index in [1.165, 1.54) is 6.07 Å². The summed E-state index contributed by atoms with van der Waals surface area (Å²) in [5, 5.41) is 0. The van der Waals surface area contributed by atoms with Crippen LogP contribution < -0.4 is 10.5 Å². The first kappa shape index (κ1) is 12.8. The number of alkyl halides is 3. The summed E-state index contributed by atoms with van der Waals surface area (Å²) >= 11 is 0. The van der Waals surface area contributed by atoms with Gasteiger partial charge >= 0.3 is 6.18 Å². The molecule has 0 fully saturated rings. The number of rotatable bonds is 3. The van der Waals surface area contributed by atoms with Crippen LogP contribution in [-0.4, -0.2) is 17.8 Å². The molecule has 16 heavy (non-hydrogen) atoms. The van der Waals surface area contributed by atoms with E-state index in [1.807, 2.05) is 0 Å². The van der Waals surface area contributed by atoms with Gasteiger partial charge in [-0.25, -0.2) is 0 Å². The lowest BCUT2D eigenvalue weighted by atomic mass is 10.2. The van der Waals surface area contributed by atoms with Gasteiger partial charge in [-0.3, -0.25) is 4.98 Å². The fourth-order valence-corrected chi connectivity index (χ4v) is 1.17. The van der Waals surface area contributed by atoms with Crippen LogP contribution in [0.1, 0.15) is 24.4 Å². The van der Waals surface area contributed by atoms with Gasteiger partial charge in [-0.15, -0.1) is 0 Å². The van der Waals surface area contributed by atoms with E-state index in [0.29, 0.717) is 11.4 Å². The zero-order chi connectivity index (χ0) is 12.3. The van der Waals surface area contributed by atoms with E-state index in [4.69, 9.17) is 5.73 Å². The summed E-state index contributed by atoms with van der Waals surface area (Å²) in [6.45, 7) is 2.04. The normalized spacial score (nSPS) is 13.6. The van der Waals surface area contributed by atoms with Crippen LogP contribution >= 0.6 is 0 Å². The molecule has 0 radical (unpaired) electrons. The van der Waals surface area contributed by atoms with Gasteiger partial charge in [0.1, 0.15) is 5.75 Å². The average molecular weight is 234 g/mol. The highest BCUT2D eigenvalue weighted by molar-refractivity contribution is 5.31. The number of aryl methyl sites for hydroxylation is 1. The van der Waals surface area contributed by atoms with Gasteiger partial charge in [0.25, 0.3) is 0 Å². The first-order chi connectivity index (χ1) is 7.29. The van der Waals surface area contributed by atoms with E-state index in [9.17, 15) is 13.2 Å². The van der Waals surface area contributed by atoms with Crippen LogP contribution in [0.4, 0.5) is 13.2 Å². The maximum Gasteiger partial charge on any atom is 0.422 e. The lowest BCUT2D eigenvalue weighted by molar-refractivity contribution is -0.153. The Bertz CT molecular complexity index is 364. The molecule has 0 saturated heterocycles. The van der Waals surface area contributed by atoms with Crippen molar-refractivity contribution in [1.82, 2.24) is 4.98 Å². The van der Waals surface area contributed by atoms with E-state index < -0.39 is 18.8 Å². The topological polar surface area (TPSA) is 48.1 Å². The zero-order valence-electron chi connectivity index (χ0n) is 9.01. The van der Waals surface area contributed by atoms with Crippen LogP contribution in [-0.2, 0) is 0 Å². The Balaban J connectivity index is 2.87. The highest BCUT2D eigenvalue weighted by atomic mass is 19.4. The first-order valence-electron chi connectivity index (χ1n) is 4.72. The van der Waals surface area contributed by atoms with Gasteiger partial charge in [0, 0.05) is 11.7 Å². The third-order valence-electron chi connectivity index (χ3n) is 1.85. The Labute approximate surface area is 91.4 Å². The maximum absolute atomic E-state index is 12.0. The molecule has 1 aromatic heterocycles. The second-order valence-electron chi connectivity index (χ2n) is 3.53.